The van der Waals surface area contributed by atoms with E-state index in [-0.39, 0.29) is 11.4 Å². The molecular weight excluding hydrogens is 400 g/mol. The van der Waals surface area contributed by atoms with E-state index in [0.717, 1.165) is 16.0 Å². The van der Waals surface area contributed by atoms with Gasteiger partial charge in [-0.2, -0.15) is 0 Å². The number of nitro groups is 1. The van der Waals surface area contributed by atoms with E-state index in [1.165, 1.54) is 18.2 Å². The van der Waals surface area contributed by atoms with Crippen molar-refractivity contribution in [3.63, 3.8) is 0 Å². The van der Waals surface area contributed by atoms with Gasteiger partial charge in [0.15, 0.2) is 0 Å². The first kappa shape index (κ1) is 19.0. The number of nitrogens with zero attached hydrogens (tertiary/aromatic N) is 3. The molecule has 2 fully saturated rings. The molecule has 3 aliphatic heterocycles. The van der Waals surface area contributed by atoms with Crippen molar-refractivity contribution < 1.29 is 19.3 Å². The number of nitrogens with two attached hydrogens (primary N) is 1. The number of primary amides is 1. The number of non-ortho nitro benzene ring substituents is 1. The third kappa shape index (κ3) is 2.52. The standard InChI is InChI=1S/C22H18N4O5/c1-11-10-13(26(30)31)6-7-15(11)25-21(28)16-17(22(25)29)19(20(23)27)24-9-8-12-4-2-3-5-14(12)18(16)24/h2-10,16-19H,1H3,(H2,23,27)/t16-,17-,18-,19+/m1/s1. The lowest BCUT2D eigenvalue weighted by Gasteiger charge is -2.34. The number of benzene rings is 2. The smallest absolute Gasteiger partial charge is 0.269 e. The van der Waals surface area contributed by atoms with E-state index in [2.05, 4.69) is 0 Å². The molecule has 0 saturated carbocycles. The highest BCUT2D eigenvalue weighted by Gasteiger charge is 2.64. The topological polar surface area (TPSA) is 127 Å². The number of carbonyl (C=O) groups is 3. The Hall–Kier alpha value is -4.01. The summed E-state index contributed by atoms with van der Waals surface area (Å²) in [7, 11) is 0. The molecule has 0 aliphatic carbocycles. The quantitative estimate of drug-likeness (QED) is 0.461. The summed E-state index contributed by atoms with van der Waals surface area (Å²) in [6.45, 7) is 1.60. The molecule has 0 spiro atoms. The Morgan fingerprint density at radius 1 is 1.10 bits per heavy atom. The van der Waals surface area contributed by atoms with Gasteiger partial charge in [-0.1, -0.05) is 24.3 Å². The largest absolute Gasteiger partial charge is 0.368 e. The average molecular weight is 418 g/mol. The number of imide groups is 1. The molecule has 4 atom stereocenters. The molecule has 3 amide bonds. The number of fused-ring (bicyclic) bond motifs is 5. The number of rotatable bonds is 3. The molecule has 0 unspecified atom stereocenters. The van der Waals surface area contributed by atoms with Gasteiger partial charge in [0.1, 0.15) is 6.04 Å². The van der Waals surface area contributed by atoms with Crippen LogP contribution in [0.5, 0.6) is 0 Å². The number of aryl methyl sites for hydroxylation is 1. The van der Waals surface area contributed by atoms with Crippen molar-refractivity contribution in [1.82, 2.24) is 4.90 Å². The van der Waals surface area contributed by atoms with Gasteiger partial charge in [-0.25, -0.2) is 4.90 Å². The molecule has 2 aromatic carbocycles. The Kier molecular flexibility index (Phi) is 3.98. The Bertz CT molecular complexity index is 1210. The summed E-state index contributed by atoms with van der Waals surface area (Å²) in [5.41, 5.74) is 8.03. The van der Waals surface area contributed by atoms with E-state index in [9.17, 15) is 24.5 Å². The molecule has 5 rings (SSSR count). The SMILES string of the molecule is Cc1cc([N+](=O)[O-])ccc1N1C(=O)[C@@H]2[C@@H](C1=O)[C@H]1c3ccccc3C=CN1[C@@H]2C(N)=O. The van der Waals surface area contributed by atoms with Gasteiger partial charge in [-0.05, 0) is 35.8 Å². The number of anilines is 1. The molecule has 9 nitrogen and oxygen atoms in total. The van der Waals surface area contributed by atoms with Crippen LogP contribution in [-0.2, 0) is 14.4 Å². The summed E-state index contributed by atoms with van der Waals surface area (Å²) >= 11 is 0. The number of carbonyl (C=O) groups excluding carboxylic acids is 3. The summed E-state index contributed by atoms with van der Waals surface area (Å²) in [6, 6.07) is 10.0. The van der Waals surface area contributed by atoms with Gasteiger partial charge in [0.25, 0.3) is 5.69 Å². The van der Waals surface area contributed by atoms with Crippen LogP contribution in [0.4, 0.5) is 11.4 Å². The Morgan fingerprint density at radius 3 is 2.48 bits per heavy atom. The number of hydrogen-bond acceptors (Lipinski definition) is 6. The van der Waals surface area contributed by atoms with E-state index in [0.29, 0.717) is 5.56 Å². The van der Waals surface area contributed by atoms with E-state index in [1.54, 1.807) is 18.0 Å². The van der Waals surface area contributed by atoms with Crippen molar-refractivity contribution in [2.24, 2.45) is 17.6 Å². The highest BCUT2D eigenvalue weighted by molar-refractivity contribution is 6.24. The summed E-state index contributed by atoms with van der Waals surface area (Å²) in [5, 5.41) is 11.1. The van der Waals surface area contributed by atoms with Crippen LogP contribution in [0.15, 0.2) is 48.7 Å². The summed E-state index contributed by atoms with van der Waals surface area (Å²) in [6.07, 6.45) is 3.57. The van der Waals surface area contributed by atoms with Gasteiger partial charge < -0.3 is 10.6 Å². The normalized spacial score (nSPS) is 26.0. The van der Waals surface area contributed by atoms with Gasteiger partial charge >= 0.3 is 0 Å². The second-order valence-electron chi connectivity index (χ2n) is 7.98. The minimum absolute atomic E-state index is 0.131. The third-order valence-electron chi connectivity index (χ3n) is 6.39. The first-order valence-corrected chi connectivity index (χ1v) is 9.78. The molecule has 31 heavy (non-hydrogen) atoms. The van der Waals surface area contributed by atoms with Crippen molar-refractivity contribution in [2.75, 3.05) is 4.90 Å². The van der Waals surface area contributed by atoms with E-state index >= 15 is 0 Å². The van der Waals surface area contributed by atoms with Crippen LogP contribution in [0.3, 0.4) is 0 Å². The minimum atomic E-state index is -0.959. The predicted octanol–water partition coefficient (Wildman–Crippen LogP) is 1.90. The van der Waals surface area contributed by atoms with Crippen LogP contribution < -0.4 is 10.6 Å². The van der Waals surface area contributed by atoms with Gasteiger partial charge in [0.05, 0.1) is 28.5 Å². The Balaban J connectivity index is 1.63. The fraction of sp³-hybridized carbons (Fsp3) is 0.227. The fourth-order valence-electron chi connectivity index (χ4n) is 5.12. The first-order chi connectivity index (χ1) is 14.8. The van der Waals surface area contributed by atoms with Crippen molar-refractivity contribution in [3.05, 3.63) is 75.5 Å². The van der Waals surface area contributed by atoms with Gasteiger partial charge in [0, 0.05) is 18.3 Å². The zero-order valence-electron chi connectivity index (χ0n) is 16.5. The second-order valence-corrected chi connectivity index (χ2v) is 7.98. The summed E-state index contributed by atoms with van der Waals surface area (Å²) < 4.78 is 0. The van der Waals surface area contributed by atoms with E-state index in [4.69, 9.17) is 5.73 Å². The molecule has 2 N–H and O–H groups in total. The number of amides is 3. The zero-order chi connectivity index (χ0) is 22.0. The van der Waals surface area contributed by atoms with Crippen LogP contribution >= 0.6 is 0 Å². The maximum Gasteiger partial charge on any atom is 0.269 e. The highest BCUT2D eigenvalue weighted by Crippen LogP contribution is 2.53. The minimum Gasteiger partial charge on any atom is -0.368 e. The highest BCUT2D eigenvalue weighted by atomic mass is 16.6. The summed E-state index contributed by atoms with van der Waals surface area (Å²) in [4.78, 5) is 52.7. The maximum absolute atomic E-state index is 13.6. The lowest BCUT2D eigenvalue weighted by Crippen LogP contribution is -2.47. The van der Waals surface area contributed by atoms with Gasteiger partial charge in [-0.3, -0.25) is 24.5 Å². The first-order valence-electron chi connectivity index (χ1n) is 9.78. The third-order valence-corrected chi connectivity index (χ3v) is 6.39. The molecule has 3 heterocycles. The molecule has 3 aliphatic rings. The molecule has 2 aromatic rings. The Morgan fingerprint density at radius 2 is 1.81 bits per heavy atom. The average Bonchev–Trinajstić information content (AvgIpc) is 3.21. The van der Waals surface area contributed by atoms with Crippen LogP contribution in [0.2, 0.25) is 0 Å². The van der Waals surface area contributed by atoms with E-state index < -0.39 is 46.6 Å². The number of nitro benzene ring substituents is 1. The molecule has 2 saturated heterocycles. The van der Waals surface area contributed by atoms with Crippen LogP contribution in [0.1, 0.15) is 22.7 Å². The van der Waals surface area contributed by atoms with Crippen molar-refractivity contribution >= 4 is 35.2 Å². The molecule has 9 heteroatoms. The molecule has 0 aromatic heterocycles. The summed E-state index contributed by atoms with van der Waals surface area (Å²) in [5.74, 6) is -3.34. The van der Waals surface area contributed by atoms with Crippen molar-refractivity contribution in [3.8, 4) is 0 Å². The zero-order valence-corrected chi connectivity index (χ0v) is 16.5. The van der Waals surface area contributed by atoms with Crippen LogP contribution in [0.25, 0.3) is 6.08 Å². The molecule has 0 bridgehead atoms. The lowest BCUT2D eigenvalue weighted by atomic mass is 9.84. The molecule has 0 radical (unpaired) electrons. The van der Waals surface area contributed by atoms with Gasteiger partial charge in [0.2, 0.25) is 17.7 Å². The van der Waals surface area contributed by atoms with Crippen molar-refractivity contribution in [1.29, 1.82) is 0 Å². The maximum atomic E-state index is 13.6. The predicted molar refractivity (Wildman–Crippen MR) is 110 cm³/mol. The monoisotopic (exact) mass is 418 g/mol. The Labute approximate surface area is 176 Å². The number of hydrogen-bond donors (Lipinski definition) is 1. The van der Waals surface area contributed by atoms with Crippen molar-refractivity contribution in [2.45, 2.75) is 19.0 Å². The van der Waals surface area contributed by atoms with Gasteiger partial charge in [-0.15, -0.1) is 0 Å². The molecule has 156 valence electrons. The van der Waals surface area contributed by atoms with Crippen LogP contribution in [0, 0.1) is 28.9 Å². The molecular formula is C22H18N4O5. The second kappa shape index (κ2) is 6.49. The lowest BCUT2D eigenvalue weighted by molar-refractivity contribution is -0.384. The van der Waals surface area contributed by atoms with Crippen LogP contribution in [-0.4, -0.2) is 33.6 Å². The van der Waals surface area contributed by atoms with E-state index in [1.807, 2.05) is 30.3 Å². The fourth-order valence-corrected chi connectivity index (χ4v) is 5.12.